The van der Waals surface area contributed by atoms with Crippen molar-refractivity contribution in [1.82, 2.24) is 15.6 Å². The van der Waals surface area contributed by atoms with Crippen LogP contribution >= 0.6 is 27.3 Å². The van der Waals surface area contributed by atoms with E-state index in [2.05, 4.69) is 31.5 Å². The number of amides is 1. The summed E-state index contributed by atoms with van der Waals surface area (Å²) < 4.78 is 6.63. The van der Waals surface area contributed by atoms with Crippen LogP contribution in [0, 0.1) is 5.92 Å². The summed E-state index contributed by atoms with van der Waals surface area (Å²) in [4.78, 5) is 17.7. The predicted molar refractivity (Wildman–Crippen MR) is 87.2 cm³/mol. The highest BCUT2D eigenvalue weighted by molar-refractivity contribution is 9.10. The van der Waals surface area contributed by atoms with Gasteiger partial charge < -0.3 is 15.1 Å². The molecule has 3 aliphatic rings. The summed E-state index contributed by atoms with van der Waals surface area (Å²) in [5, 5.41) is 8.43. The number of hydrogen-bond donors (Lipinski definition) is 2. The van der Waals surface area contributed by atoms with Crippen molar-refractivity contribution in [2.75, 3.05) is 13.1 Å². The van der Waals surface area contributed by atoms with Crippen LogP contribution in [0.5, 0.6) is 0 Å². The Kier molecular flexibility index (Phi) is 3.79. The molecule has 0 aromatic carbocycles. The summed E-state index contributed by atoms with van der Waals surface area (Å²) in [5.41, 5.74) is 0.452. The number of hydrogen-bond acceptors (Lipinski definition) is 5. The molecule has 0 spiro atoms. The van der Waals surface area contributed by atoms with Crippen molar-refractivity contribution in [1.29, 1.82) is 0 Å². The first-order valence-electron chi connectivity index (χ1n) is 7.41. The molecular formula is C15H16BrN3O2S. The quantitative estimate of drug-likeness (QED) is 0.834. The number of thiophene rings is 1. The van der Waals surface area contributed by atoms with Gasteiger partial charge in [0.05, 0.1) is 0 Å². The highest BCUT2D eigenvalue weighted by Crippen LogP contribution is 2.47. The molecule has 3 unspecified atom stereocenters. The van der Waals surface area contributed by atoms with Crippen LogP contribution < -0.4 is 10.6 Å². The van der Waals surface area contributed by atoms with Gasteiger partial charge in [-0.25, -0.2) is 4.98 Å². The fourth-order valence-corrected chi connectivity index (χ4v) is 4.97. The van der Waals surface area contributed by atoms with Crippen LogP contribution in [-0.4, -0.2) is 30.0 Å². The van der Waals surface area contributed by atoms with Crippen molar-refractivity contribution in [3.05, 3.63) is 38.6 Å². The van der Waals surface area contributed by atoms with Crippen molar-refractivity contribution >= 4 is 33.2 Å². The number of rotatable bonds is 5. The minimum atomic E-state index is -0.136. The van der Waals surface area contributed by atoms with Crippen molar-refractivity contribution < 1.29 is 9.21 Å². The molecule has 116 valence electrons. The molecule has 3 fully saturated rings. The standard InChI is InChI=1S/C15H16BrN3O2S/c16-9-2-4-22-11(9)1-3-17-15(20)13-14(21-7-19-13)12-8-5-10(12)18-6-8/h2,4,7-8,10,12,18H,1,3,5-6H2,(H,17,20). The molecule has 1 aliphatic carbocycles. The van der Waals surface area contributed by atoms with Gasteiger partial charge in [0.1, 0.15) is 5.76 Å². The maximum Gasteiger partial charge on any atom is 0.273 e. The van der Waals surface area contributed by atoms with E-state index in [1.807, 2.05) is 11.4 Å². The number of aromatic nitrogens is 1. The Morgan fingerprint density at radius 2 is 2.50 bits per heavy atom. The number of carbonyl (C=O) groups excluding carboxylic acids is 1. The SMILES string of the molecule is O=C(NCCc1sccc1Br)c1ncoc1C1C2CNC1C2. The molecule has 1 amide bonds. The lowest BCUT2D eigenvalue weighted by atomic mass is 9.72. The number of oxazole rings is 1. The first-order chi connectivity index (χ1) is 10.7. The number of nitrogens with one attached hydrogen (secondary N) is 2. The van der Waals surface area contributed by atoms with Crippen LogP contribution in [0.25, 0.3) is 0 Å². The number of halogens is 1. The Morgan fingerprint density at radius 3 is 3.18 bits per heavy atom. The molecule has 4 heterocycles. The van der Waals surface area contributed by atoms with E-state index < -0.39 is 0 Å². The zero-order valence-corrected chi connectivity index (χ0v) is 14.2. The molecule has 22 heavy (non-hydrogen) atoms. The van der Waals surface area contributed by atoms with Crippen LogP contribution in [0.1, 0.15) is 33.5 Å². The highest BCUT2D eigenvalue weighted by atomic mass is 79.9. The van der Waals surface area contributed by atoms with E-state index in [-0.39, 0.29) is 5.91 Å². The molecule has 2 aromatic rings. The van der Waals surface area contributed by atoms with Crippen LogP contribution in [-0.2, 0) is 6.42 Å². The van der Waals surface area contributed by atoms with E-state index in [9.17, 15) is 4.79 Å². The molecule has 5 rings (SSSR count). The Labute approximate surface area is 140 Å². The van der Waals surface area contributed by atoms with E-state index >= 15 is 0 Å². The van der Waals surface area contributed by atoms with Gasteiger partial charge in [0.15, 0.2) is 12.1 Å². The van der Waals surface area contributed by atoms with Gasteiger partial charge in [-0.2, -0.15) is 0 Å². The molecule has 0 radical (unpaired) electrons. The molecule has 3 atom stereocenters. The van der Waals surface area contributed by atoms with Gasteiger partial charge in [0.25, 0.3) is 5.91 Å². The molecule has 2 saturated heterocycles. The summed E-state index contributed by atoms with van der Waals surface area (Å²) in [6, 6.07) is 2.48. The zero-order valence-electron chi connectivity index (χ0n) is 11.8. The van der Waals surface area contributed by atoms with Crippen LogP contribution in [0.15, 0.2) is 26.7 Å². The summed E-state index contributed by atoms with van der Waals surface area (Å²) in [5.74, 6) is 1.52. The lowest BCUT2D eigenvalue weighted by Crippen LogP contribution is -2.36. The fourth-order valence-electron chi connectivity index (χ4n) is 3.41. The van der Waals surface area contributed by atoms with Gasteiger partial charge >= 0.3 is 0 Å². The van der Waals surface area contributed by atoms with Crippen molar-refractivity contribution in [2.24, 2.45) is 5.92 Å². The third kappa shape index (κ3) is 2.41. The highest BCUT2D eigenvalue weighted by Gasteiger charge is 2.50. The van der Waals surface area contributed by atoms with Crippen molar-refractivity contribution in [3.8, 4) is 0 Å². The normalized spacial score (nSPS) is 26.0. The molecule has 2 N–H and O–H groups in total. The molecular weight excluding hydrogens is 366 g/mol. The van der Waals surface area contributed by atoms with Gasteiger partial charge in [-0.05, 0) is 46.3 Å². The second kappa shape index (κ2) is 5.79. The zero-order chi connectivity index (χ0) is 15.1. The molecule has 2 aliphatic heterocycles. The average molecular weight is 382 g/mol. The molecule has 2 bridgehead atoms. The van der Waals surface area contributed by atoms with E-state index in [4.69, 9.17) is 4.42 Å². The van der Waals surface area contributed by atoms with E-state index in [0.29, 0.717) is 30.1 Å². The van der Waals surface area contributed by atoms with Gasteiger partial charge in [0.2, 0.25) is 0 Å². The smallest absolute Gasteiger partial charge is 0.273 e. The van der Waals surface area contributed by atoms with E-state index in [1.165, 1.54) is 17.7 Å². The topological polar surface area (TPSA) is 67.2 Å². The van der Waals surface area contributed by atoms with Crippen LogP contribution in [0.2, 0.25) is 0 Å². The third-order valence-electron chi connectivity index (χ3n) is 4.58. The minimum absolute atomic E-state index is 0.136. The predicted octanol–water partition coefficient (Wildman–Crippen LogP) is 2.55. The van der Waals surface area contributed by atoms with Crippen LogP contribution in [0.4, 0.5) is 0 Å². The van der Waals surface area contributed by atoms with Gasteiger partial charge in [-0.15, -0.1) is 11.3 Å². The number of nitrogens with zero attached hydrogens (tertiary/aromatic N) is 1. The molecule has 2 aromatic heterocycles. The third-order valence-corrected chi connectivity index (χ3v) is 6.57. The molecule has 7 heteroatoms. The Bertz CT molecular complexity index is 685. The summed E-state index contributed by atoms with van der Waals surface area (Å²) in [7, 11) is 0. The number of carbonyl (C=O) groups is 1. The average Bonchev–Trinajstić information content (AvgIpc) is 3.22. The van der Waals surface area contributed by atoms with E-state index in [1.54, 1.807) is 11.3 Å². The Hall–Kier alpha value is -1.18. The Morgan fingerprint density at radius 1 is 1.59 bits per heavy atom. The summed E-state index contributed by atoms with van der Waals surface area (Å²) in [6.07, 6.45) is 3.38. The maximum atomic E-state index is 12.4. The lowest BCUT2D eigenvalue weighted by Gasteiger charge is -2.32. The monoisotopic (exact) mass is 381 g/mol. The van der Waals surface area contributed by atoms with Crippen molar-refractivity contribution in [3.63, 3.8) is 0 Å². The second-order valence-electron chi connectivity index (χ2n) is 5.80. The van der Waals surface area contributed by atoms with Gasteiger partial charge in [0, 0.05) is 34.3 Å². The molecule has 1 saturated carbocycles. The Balaban J connectivity index is 1.39. The number of fused-ring (bicyclic) bond motifs is 1. The van der Waals surface area contributed by atoms with Gasteiger partial charge in [-0.1, -0.05) is 0 Å². The summed E-state index contributed by atoms with van der Waals surface area (Å²) >= 11 is 5.19. The maximum absolute atomic E-state index is 12.4. The minimum Gasteiger partial charge on any atom is -0.447 e. The fraction of sp³-hybridized carbons (Fsp3) is 0.467. The first kappa shape index (κ1) is 14.4. The van der Waals surface area contributed by atoms with Crippen molar-refractivity contribution in [2.45, 2.75) is 24.8 Å². The largest absolute Gasteiger partial charge is 0.447 e. The van der Waals surface area contributed by atoms with Crippen LogP contribution in [0.3, 0.4) is 0 Å². The first-order valence-corrected chi connectivity index (χ1v) is 9.08. The second-order valence-corrected chi connectivity index (χ2v) is 7.65. The molecule has 5 nitrogen and oxygen atoms in total. The lowest BCUT2D eigenvalue weighted by molar-refractivity contribution is 0.0945. The van der Waals surface area contributed by atoms with E-state index in [0.717, 1.165) is 23.2 Å². The summed E-state index contributed by atoms with van der Waals surface area (Å²) in [6.45, 7) is 1.61. The van der Waals surface area contributed by atoms with Gasteiger partial charge in [-0.3, -0.25) is 4.79 Å².